The zero-order valence-corrected chi connectivity index (χ0v) is 20.6. The molecule has 1 aromatic carbocycles. The highest BCUT2D eigenvalue weighted by atomic mass is 35.5. The van der Waals surface area contributed by atoms with Crippen molar-refractivity contribution in [3.05, 3.63) is 57.7 Å². The van der Waals surface area contributed by atoms with Gasteiger partial charge >= 0.3 is 11.8 Å². The third kappa shape index (κ3) is 5.23. The molecule has 184 valence electrons. The Morgan fingerprint density at radius 1 is 1.26 bits per heavy atom. The van der Waals surface area contributed by atoms with E-state index in [0.29, 0.717) is 46.4 Å². The molecule has 1 atom stereocenters. The lowest BCUT2D eigenvalue weighted by Gasteiger charge is -2.20. The highest BCUT2D eigenvalue weighted by molar-refractivity contribution is 6.36. The van der Waals surface area contributed by atoms with Crippen molar-refractivity contribution in [3.8, 4) is 16.9 Å². The molecule has 4 rings (SSSR count). The summed E-state index contributed by atoms with van der Waals surface area (Å²) in [6.07, 6.45) is 2.31. The molecule has 0 aliphatic heterocycles. The second kappa shape index (κ2) is 9.79. The molecule has 2 aromatic heterocycles. The number of ether oxygens (including phenoxy) is 1. The van der Waals surface area contributed by atoms with E-state index in [2.05, 4.69) is 25.8 Å². The summed E-state index contributed by atoms with van der Waals surface area (Å²) in [5, 5.41) is 13.3. The molecule has 1 aliphatic rings. The number of nitrogens with one attached hydrogen (secondary N) is 2. The Labute approximate surface area is 210 Å². The number of rotatable bonds is 8. The monoisotopic (exact) mass is 521 g/mol. The number of aromatic nitrogens is 3. The average Bonchev–Trinajstić information content (AvgIpc) is 3.45. The zero-order chi connectivity index (χ0) is 25.3. The van der Waals surface area contributed by atoms with E-state index in [-0.39, 0.29) is 17.5 Å². The van der Waals surface area contributed by atoms with E-state index in [1.165, 1.54) is 12.3 Å². The maximum absolute atomic E-state index is 15.1. The van der Waals surface area contributed by atoms with Gasteiger partial charge in [0.05, 0.1) is 23.4 Å². The number of carbonyl (C=O) groups excluding carboxylic acids is 2. The summed E-state index contributed by atoms with van der Waals surface area (Å²) in [4.78, 5) is 29.4. The Kier molecular flexibility index (Phi) is 6.95. The van der Waals surface area contributed by atoms with Crippen molar-refractivity contribution >= 4 is 35.0 Å². The average molecular weight is 522 g/mol. The molecule has 0 bridgehead atoms. The summed E-state index contributed by atoms with van der Waals surface area (Å²) in [6.45, 7) is 5.32. The van der Waals surface area contributed by atoms with Crippen molar-refractivity contribution in [3.63, 3.8) is 0 Å². The lowest BCUT2D eigenvalue weighted by molar-refractivity contribution is -0.124. The number of benzene rings is 1. The number of amides is 2. The third-order valence-corrected chi connectivity index (χ3v) is 5.99. The lowest BCUT2D eigenvalue weighted by atomic mass is 10.0. The van der Waals surface area contributed by atoms with Gasteiger partial charge in [-0.2, -0.15) is 0 Å². The molecular formula is C23H22Cl2FN5O4. The van der Waals surface area contributed by atoms with Crippen LogP contribution in [0.4, 0.5) is 4.39 Å². The quantitative estimate of drug-likeness (QED) is 0.450. The minimum atomic E-state index is -1.12. The fourth-order valence-electron chi connectivity index (χ4n) is 3.58. The predicted molar refractivity (Wildman–Crippen MR) is 126 cm³/mol. The number of hydrogen-bond acceptors (Lipinski definition) is 7. The van der Waals surface area contributed by atoms with Crippen molar-refractivity contribution in [2.75, 3.05) is 6.61 Å². The van der Waals surface area contributed by atoms with Crippen LogP contribution in [0.2, 0.25) is 10.0 Å². The molecule has 1 aliphatic carbocycles. The first kappa shape index (κ1) is 24.9. The van der Waals surface area contributed by atoms with E-state index >= 15 is 4.39 Å². The van der Waals surface area contributed by atoms with Gasteiger partial charge in [-0.3, -0.25) is 14.6 Å². The molecule has 1 fully saturated rings. The Hall–Kier alpha value is -3.24. The van der Waals surface area contributed by atoms with Crippen LogP contribution in [0.1, 0.15) is 55.0 Å². The highest BCUT2D eigenvalue weighted by Crippen LogP contribution is 2.40. The molecule has 0 saturated heterocycles. The Balaban J connectivity index is 1.50. The van der Waals surface area contributed by atoms with Gasteiger partial charge in [-0.1, -0.05) is 23.2 Å². The first-order valence-corrected chi connectivity index (χ1v) is 11.6. The van der Waals surface area contributed by atoms with Crippen LogP contribution in [0.15, 0.2) is 28.8 Å². The van der Waals surface area contributed by atoms with Gasteiger partial charge in [-0.25, -0.2) is 4.39 Å². The topological polar surface area (TPSA) is 119 Å². The Morgan fingerprint density at radius 2 is 2.00 bits per heavy atom. The maximum Gasteiger partial charge on any atom is 0.309 e. The van der Waals surface area contributed by atoms with Crippen molar-refractivity contribution in [2.24, 2.45) is 0 Å². The first-order chi connectivity index (χ1) is 16.6. The van der Waals surface area contributed by atoms with Gasteiger partial charge in [0, 0.05) is 29.3 Å². The number of halogens is 3. The largest absolute Gasteiger partial charge is 0.492 e. The molecule has 0 radical (unpaired) electrons. The van der Waals surface area contributed by atoms with Gasteiger partial charge in [0.1, 0.15) is 17.1 Å². The van der Waals surface area contributed by atoms with E-state index < -0.39 is 29.2 Å². The summed E-state index contributed by atoms with van der Waals surface area (Å²) in [5.74, 6) is -1.37. The molecule has 0 unspecified atom stereocenters. The van der Waals surface area contributed by atoms with E-state index in [1.54, 1.807) is 32.9 Å². The molecule has 1 saturated carbocycles. The summed E-state index contributed by atoms with van der Waals surface area (Å²) in [6, 6.07) is 3.66. The number of hydrogen-bond donors (Lipinski definition) is 2. The highest BCUT2D eigenvalue weighted by Gasteiger charge is 2.52. The maximum atomic E-state index is 15.1. The van der Waals surface area contributed by atoms with Crippen LogP contribution in [0, 0.1) is 12.7 Å². The molecule has 2 amide bonds. The molecule has 3 aromatic rings. The van der Waals surface area contributed by atoms with Crippen LogP contribution in [0.3, 0.4) is 0 Å². The van der Waals surface area contributed by atoms with E-state index in [4.69, 9.17) is 32.4 Å². The van der Waals surface area contributed by atoms with Crippen LogP contribution >= 0.6 is 23.2 Å². The van der Waals surface area contributed by atoms with Gasteiger partial charge in [0.2, 0.25) is 11.8 Å². The zero-order valence-electron chi connectivity index (χ0n) is 19.1. The predicted octanol–water partition coefficient (Wildman–Crippen LogP) is 4.42. The third-order valence-electron chi connectivity index (χ3n) is 5.49. The van der Waals surface area contributed by atoms with Crippen LogP contribution < -0.4 is 15.4 Å². The first-order valence-electron chi connectivity index (χ1n) is 10.8. The minimum Gasteiger partial charge on any atom is -0.492 e. The molecule has 2 N–H and O–H groups in total. The lowest BCUT2D eigenvalue weighted by Crippen LogP contribution is -2.49. The van der Waals surface area contributed by atoms with Crippen LogP contribution in [-0.2, 0) is 4.79 Å². The van der Waals surface area contributed by atoms with Gasteiger partial charge in [0.15, 0.2) is 0 Å². The van der Waals surface area contributed by atoms with Crippen molar-refractivity contribution in [2.45, 2.75) is 45.2 Å². The molecule has 2 heterocycles. The summed E-state index contributed by atoms with van der Waals surface area (Å²) in [7, 11) is 0. The normalized spacial score (nSPS) is 14.8. The van der Waals surface area contributed by atoms with Crippen LogP contribution in [-0.4, -0.2) is 39.1 Å². The fraction of sp³-hybridized carbons (Fsp3) is 0.348. The van der Waals surface area contributed by atoms with Gasteiger partial charge in [0.25, 0.3) is 0 Å². The Morgan fingerprint density at radius 3 is 2.60 bits per heavy atom. The molecular weight excluding hydrogens is 500 g/mol. The molecule has 0 spiro atoms. The number of carbonyl (C=O) groups is 2. The standard InChI is InChI=1S/C23H22Cl2FN5O4/c1-4-34-19-15(8-14(24)9-16(19)25)13-7-17(26)18(27-10-13)11(2)28-22(33)23(5-6-23)29-20(32)21-31-30-12(3)35-21/h7-11H,4-6H2,1-3H3,(H,28,33)(H,29,32)/t11-/m1/s1. The van der Waals surface area contributed by atoms with E-state index in [1.807, 2.05) is 0 Å². The van der Waals surface area contributed by atoms with Crippen molar-refractivity contribution in [1.29, 1.82) is 0 Å². The van der Waals surface area contributed by atoms with E-state index in [9.17, 15) is 9.59 Å². The fourth-order valence-corrected chi connectivity index (χ4v) is 4.12. The van der Waals surface area contributed by atoms with E-state index in [0.717, 1.165) is 0 Å². The minimum absolute atomic E-state index is 0.0304. The second-order valence-electron chi connectivity index (χ2n) is 8.15. The SMILES string of the molecule is CCOc1c(Cl)cc(Cl)cc1-c1cnc([C@@H](C)NC(=O)C2(NC(=O)c3nnc(C)o3)CC2)c(F)c1. The van der Waals surface area contributed by atoms with Gasteiger partial charge < -0.3 is 19.8 Å². The van der Waals surface area contributed by atoms with Gasteiger partial charge in [-0.15, -0.1) is 10.2 Å². The second-order valence-corrected chi connectivity index (χ2v) is 8.99. The van der Waals surface area contributed by atoms with Crippen LogP contribution in [0.5, 0.6) is 5.75 Å². The molecule has 35 heavy (non-hydrogen) atoms. The summed E-state index contributed by atoms with van der Waals surface area (Å²) >= 11 is 12.4. The number of aryl methyl sites for hydroxylation is 1. The summed E-state index contributed by atoms with van der Waals surface area (Å²) < 4.78 is 25.8. The number of nitrogens with zero attached hydrogens (tertiary/aromatic N) is 3. The van der Waals surface area contributed by atoms with Crippen molar-refractivity contribution in [1.82, 2.24) is 25.8 Å². The van der Waals surface area contributed by atoms with Gasteiger partial charge in [-0.05, 0) is 44.9 Å². The number of pyridine rings is 1. The Bertz CT molecular complexity index is 1290. The summed E-state index contributed by atoms with van der Waals surface area (Å²) in [5.41, 5.74) is -0.176. The smallest absolute Gasteiger partial charge is 0.309 e. The van der Waals surface area contributed by atoms with Crippen LogP contribution in [0.25, 0.3) is 11.1 Å². The molecule has 9 nitrogen and oxygen atoms in total. The molecule has 12 heteroatoms. The van der Waals surface area contributed by atoms with Crippen molar-refractivity contribution < 1.29 is 23.1 Å².